The third-order valence-electron chi connectivity index (χ3n) is 3.69. The monoisotopic (exact) mass is 271 g/mol. The van der Waals surface area contributed by atoms with Gasteiger partial charge in [-0.05, 0) is 37.1 Å². The van der Waals surface area contributed by atoms with E-state index >= 15 is 0 Å². The Labute approximate surface area is 120 Å². The molecule has 2 N–H and O–H groups in total. The molecule has 1 aromatic carbocycles. The molecule has 1 fully saturated rings. The summed E-state index contributed by atoms with van der Waals surface area (Å²) in [6, 6.07) is 9.53. The Balaban J connectivity index is 1.75. The fraction of sp³-hybridized carbons (Fsp3) is 0.500. The van der Waals surface area contributed by atoms with E-state index in [1.165, 1.54) is 25.7 Å². The number of nitrogens with one attached hydrogen (secondary N) is 2. The molecule has 1 amide bonds. The van der Waals surface area contributed by atoms with Crippen LogP contribution in [0.25, 0.3) is 0 Å². The van der Waals surface area contributed by atoms with E-state index in [-0.39, 0.29) is 12.5 Å². The van der Waals surface area contributed by atoms with Gasteiger partial charge in [0, 0.05) is 11.7 Å². The van der Waals surface area contributed by atoms with Crippen molar-refractivity contribution < 1.29 is 4.79 Å². The number of carbonyl (C=O) groups excluding carboxylic acids is 1. The number of hydrogen-bond acceptors (Lipinski definition) is 3. The summed E-state index contributed by atoms with van der Waals surface area (Å²) < 4.78 is 0. The Morgan fingerprint density at radius 2 is 1.80 bits per heavy atom. The maximum absolute atomic E-state index is 11.9. The Morgan fingerprint density at radius 3 is 2.40 bits per heavy atom. The molecule has 0 atom stereocenters. The molecule has 1 aromatic rings. The van der Waals surface area contributed by atoms with Gasteiger partial charge in [0.05, 0.1) is 18.2 Å². The second-order valence-electron chi connectivity index (χ2n) is 5.30. The van der Waals surface area contributed by atoms with Crippen molar-refractivity contribution in [2.45, 2.75) is 44.6 Å². The lowest BCUT2D eigenvalue weighted by molar-refractivity contribution is -0.120. The average molecular weight is 271 g/mol. The van der Waals surface area contributed by atoms with Crippen molar-refractivity contribution in [3.8, 4) is 6.07 Å². The largest absolute Gasteiger partial charge is 0.376 e. The second kappa shape index (κ2) is 7.54. The number of amides is 1. The van der Waals surface area contributed by atoms with Gasteiger partial charge in [-0.1, -0.05) is 25.7 Å². The lowest BCUT2D eigenvalue weighted by atomic mass is 10.1. The molecule has 20 heavy (non-hydrogen) atoms. The van der Waals surface area contributed by atoms with Crippen molar-refractivity contribution in [2.75, 3.05) is 11.9 Å². The summed E-state index contributed by atoms with van der Waals surface area (Å²) in [6.07, 6.45) is 7.21. The SMILES string of the molecule is N#Cc1ccc(NCC(=O)NC2CCCCCC2)cc1. The molecule has 4 heteroatoms. The van der Waals surface area contributed by atoms with E-state index in [0.29, 0.717) is 11.6 Å². The molecule has 4 nitrogen and oxygen atoms in total. The molecule has 1 aliphatic rings. The minimum absolute atomic E-state index is 0.0428. The van der Waals surface area contributed by atoms with Crippen molar-refractivity contribution in [3.05, 3.63) is 29.8 Å². The van der Waals surface area contributed by atoms with Gasteiger partial charge >= 0.3 is 0 Å². The molecule has 0 spiro atoms. The molecule has 0 saturated heterocycles. The van der Waals surface area contributed by atoms with Crippen molar-refractivity contribution in [3.63, 3.8) is 0 Å². The summed E-state index contributed by atoms with van der Waals surface area (Å²) in [5.74, 6) is 0.0428. The van der Waals surface area contributed by atoms with Crippen LogP contribution in [0.1, 0.15) is 44.1 Å². The minimum atomic E-state index is 0.0428. The van der Waals surface area contributed by atoms with E-state index in [0.717, 1.165) is 18.5 Å². The Hall–Kier alpha value is -2.02. The summed E-state index contributed by atoms with van der Waals surface area (Å²) in [6.45, 7) is 0.280. The van der Waals surface area contributed by atoms with Gasteiger partial charge in [-0.25, -0.2) is 0 Å². The zero-order chi connectivity index (χ0) is 14.2. The topological polar surface area (TPSA) is 64.9 Å². The zero-order valence-electron chi connectivity index (χ0n) is 11.7. The van der Waals surface area contributed by atoms with Crippen LogP contribution in [0, 0.1) is 11.3 Å². The number of anilines is 1. The first-order chi connectivity index (χ1) is 9.78. The van der Waals surface area contributed by atoms with E-state index in [4.69, 9.17) is 5.26 Å². The van der Waals surface area contributed by atoms with E-state index < -0.39 is 0 Å². The van der Waals surface area contributed by atoms with Gasteiger partial charge in [0.2, 0.25) is 5.91 Å². The summed E-state index contributed by atoms with van der Waals surface area (Å²) in [7, 11) is 0. The highest BCUT2D eigenvalue weighted by atomic mass is 16.1. The predicted octanol–water partition coefficient (Wildman–Crippen LogP) is 2.81. The van der Waals surface area contributed by atoms with Crippen LogP contribution in [-0.4, -0.2) is 18.5 Å². The molecule has 1 saturated carbocycles. The molecule has 0 aromatic heterocycles. The third-order valence-corrected chi connectivity index (χ3v) is 3.69. The first kappa shape index (κ1) is 14.4. The highest BCUT2D eigenvalue weighted by molar-refractivity contribution is 5.81. The number of nitriles is 1. The quantitative estimate of drug-likeness (QED) is 0.828. The first-order valence-corrected chi connectivity index (χ1v) is 7.31. The minimum Gasteiger partial charge on any atom is -0.376 e. The van der Waals surface area contributed by atoms with E-state index in [1.54, 1.807) is 12.1 Å². The van der Waals surface area contributed by atoms with Crippen LogP contribution < -0.4 is 10.6 Å². The predicted molar refractivity (Wildman–Crippen MR) is 79.3 cm³/mol. The Kier molecular flexibility index (Phi) is 5.43. The Morgan fingerprint density at radius 1 is 1.15 bits per heavy atom. The first-order valence-electron chi connectivity index (χ1n) is 7.31. The van der Waals surface area contributed by atoms with Gasteiger partial charge in [-0.3, -0.25) is 4.79 Å². The van der Waals surface area contributed by atoms with Crippen molar-refractivity contribution >= 4 is 11.6 Å². The number of rotatable bonds is 4. The van der Waals surface area contributed by atoms with Gasteiger partial charge in [0.15, 0.2) is 0 Å². The Bertz CT molecular complexity index is 467. The van der Waals surface area contributed by atoms with Gasteiger partial charge in [-0.2, -0.15) is 5.26 Å². The summed E-state index contributed by atoms with van der Waals surface area (Å²) in [5.41, 5.74) is 1.48. The standard InChI is InChI=1S/C16H21N3O/c17-11-13-7-9-14(10-8-13)18-12-16(20)19-15-5-3-1-2-4-6-15/h7-10,15,18H,1-6,12H2,(H,19,20). The smallest absolute Gasteiger partial charge is 0.239 e. The van der Waals surface area contributed by atoms with Crippen LogP contribution in [0.3, 0.4) is 0 Å². The van der Waals surface area contributed by atoms with Crippen molar-refractivity contribution in [1.82, 2.24) is 5.32 Å². The maximum atomic E-state index is 11.9. The van der Waals surface area contributed by atoms with Crippen LogP contribution in [0.5, 0.6) is 0 Å². The highest BCUT2D eigenvalue weighted by Crippen LogP contribution is 2.17. The fourth-order valence-electron chi connectivity index (χ4n) is 2.55. The molecule has 0 bridgehead atoms. The lowest BCUT2D eigenvalue weighted by Crippen LogP contribution is -2.38. The van der Waals surface area contributed by atoms with Gasteiger partial charge in [0.1, 0.15) is 0 Å². The van der Waals surface area contributed by atoms with Crippen LogP contribution in [0.2, 0.25) is 0 Å². The average Bonchev–Trinajstić information content (AvgIpc) is 2.74. The number of carbonyl (C=O) groups is 1. The van der Waals surface area contributed by atoms with Gasteiger partial charge in [0.25, 0.3) is 0 Å². The van der Waals surface area contributed by atoms with Gasteiger partial charge in [-0.15, -0.1) is 0 Å². The van der Waals surface area contributed by atoms with Crippen LogP contribution in [-0.2, 0) is 4.79 Å². The molecule has 0 unspecified atom stereocenters. The summed E-state index contributed by atoms with van der Waals surface area (Å²) in [5, 5.41) is 14.9. The molecule has 2 rings (SSSR count). The van der Waals surface area contributed by atoms with Crippen LogP contribution >= 0.6 is 0 Å². The molecule has 106 valence electrons. The fourth-order valence-corrected chi connectivity index (χ4v) is 2.55. The number of nitrogens with zero attached hydrogens (tertiary/aromatic N) is 1. The summed E-state index contributed by atoms with van der Waals surface area (Å²) in [4.78, 5) is 11.9. The van der Waals surface area contributed by atoms with Crippen molar-refractivity contribution in [1.29, 1.82) is 5.26 Å². The molecule has 0 aliphatic heterocycles. The molecule has 0 radical (unpaired) electrons. The van der Waals surface area contributed by atoms with E-state index in [9.17, 15) is 4.79 Å². The molecular weight excluding hydrogens is 250 g/mol. The highest BCUT2D eigenvalue weighted by Gasteiger charge is 2.14. The second-order valence-corrected chi connectivity index (χ2v) is 5.30. The lowest BCUT2D eigenvalue weighted by Gasteiger charge is -2.16. The van der Waals surface area contributed by atoms with Crippen LogP contribution in [0.4, 0.5) is 5.69 Å². The third kappa shape index (κ3) is 4.58. The van der Waals surface area contributed by atoms with E-state index in [1.807, 2.05) is 12.1 Å². The maximum Gasteiger partial charge on any atom is 0.239 e. The van der Waals surface area contributed by atoms with Crippen LogP contribution in [0.15, 0.2) is 24.3 Å². The molecule has 0 heterocycles. The molecular formula is C16H21N3O. The van der Waals surface area contributed by atoms with E-state index in [2.05, 4.69) is 16.7 Å². The summed E-state index contributed by atoms with van der Waals surface area (Å²) >= 11 is 0. The number of hydrogen-bond donors (Lipinski definition) is 2. The normalized spacial score (nSPS) is 15.9. The number of benzene rings is 1. The van der Waals surface area contributed by atoms with Gasteiger partial charge < -0.3 is 10.6 Å². The zero-order valence-corrected chi connectivity index (χ0v) is 11.7. The molecule has 1 aliphatic carbocycles. The van der Waals surface area contributed by atoms with Crippen molar-refractivity contribution in [2.24, 2.45) is 0 Å².